The van der Waals surface area contributed by atoms with Crippen molar-refractivity contribution in [2.45, 2.75) is 76.3 Å². The maximum atomic E-state index is 6.53. The second-order valence-electron chi connectivity index (χ2n) is 6.45. The van der Waals surface area contributed by atoms with Gasteiger partial charge < -0.3 is 4.90 Å². The summed E-state index contributed by atoms with van der Waals surface area (Å²) in [6.07, 6.45) is 15.2. The molecule has 0 N–H and O–H groups in total. The second kappa shape index (κ2) is 7.32. The third-order valence-electron chi connectivity index (χ3n) is 4.97. The molecule has 0 amide bonds. The molecule has 0 aliphatic heterocycles. The number of aromatic nitrogens is 1. The maximum Gasteiger partial charge on any atom is 0.147 e. The SMILES string of the molecule is Clc1cc(Br)cnc1N(C1CCCCC1)C1CCCCC1. The van der Waals surface area contributed by atoms with Gasteiger partial charge in [-0.3, -0.25) is 0 Å². The van der Waals surface area contributed by atoms with Gasteiger partial charge in [0.05, 0.1) is 5.02 Å². The highest BCUT2D eigenvalue weighted by Crippen LogP contribution is 2.37. The van der Waals surface area contributed by atoms with Crippen LogP contribution in [-0.4, -0.2) is 17.1 Å². The molecule has 2 aliphatic rings. The van der Waals surface area contributed by atoms with Crippen LogP contribution in [0, 0.1) is 0 Å². The van der Waals surface area contributed by atoms with Crippen molar-refractivity contribution >= 4 is 33.3 Å². The van der Waals surface area contributed by atoms with Crippen LogP contribution in [0.5, 0.6) is 0 Å². The van der Waals surface area contributed by atoms with Gasteiger partial charge in [0.15, 0.2) is 0 Å². The Hall–Kier alpha value is -0.280. The zero-order chi connectivity index (χ0) is 14.7. The van der Waals surface area contributed by atoms with Crippen LogP contribution in [0.3, 0.4) is 0 Å². The minimum atomic E-state index is 0.632. The van der Waals surface area contributed by atoms with Crippen molar-refractivity contribution in [1.82, 2.24) is 4.98 Å². The first-order valence-corrected chi connectivity index (χ1v) is 9.52. The molecule has 0 spiro atoms. The Labute approximate surface area is 141 Å². The van der Waals surface area contributed by atoms with Gasteiger partial charge in [-0.2, -0.15) is 0 Å². The number of rotatable bonds is 3. The first-order valence-electron chi connectivity index (χ1n) is 8.35. The van der Waals surface area contributed by atoms with Gasteiger partial charge in [-0.25, -0.2) is 4.98 Å². The molecule has 2 saturated carbocycles. The predicted octanol–water partition coefficient (Wildman–Crippen LogP) is 5.97. The van der Waals surface area contributed by atoms with E-state index in [0.717, 1.165) is 15.3 Å². The fourth-order valence-corrected chi connectivity index (χ4v) is 4.69. The molecule has 2 nitrogen and oxygen atoms in total. The first-order chi connectivity index (χ1) is 10.3. The van der Waals surface area contributed by atoms with Crippen LogP contribution >= 0.6 is 27.5 Å². The summed E-state index contributed by atoms with van der Waals surface area (Å²) in [5, 5.41) is 0.792. The van der Waals surface area contributed by atoms with Crippen LogP contribution in [0.4, 0.5) is 5.82 Å². The average Bonchev–Trinajstić information content (AvgIpc) is 2.52. The van der Waals surface area contributed by atoms with E-state index >= 15 is 0 Å². The van der Waals surface area contributed by atoms with Crippen molar-refractivity contribution in [3.63, 3.8) is 0 Å². The Balaban J connectivity index is 1.89. The van der Waals surface area contributed by atoms with Gasteiger partial charge in [0.25, 0.3) is 0 Å². The minimum Gasteiger partial charge on any atom is -0.349 e. The molecule has 0 bridgehead atoms. The van der Waals surface area contributed by atoms with Crippen LogP contribution < -0.4 is 4.90 Å². The lowest BCUT2D eigenvalue weighted by atomic mass is 9.88. The van der Waals surface area contributed by atoms with Crippen molar-refractivity contribution < 1.29 is 0 Å². The Morgan fingerprint density at radius 1 is 0.952 bits per heavy atom. The van der Waals surface area contributed by atoms with E-state index in [1.54, 1.807) is 0 Å². The van der Waals surface area contributed by atoms with E-state index in [1.807, 2.05) is 12.3 Å². The highest BCUT2D eigenvalue weighted by Gasteiger charge is 2.31. The Kier molecular flexibility index (Phi) is 5.44. The van der Waals surface area contributed by atoms with E-state index < -0.39 is 0 Å². The van der Waals surface area contributed by atoms with Crippen molar-refractivity contribution in [1.29, 1.82) is 0 Å². The molecular formula is C17H24BrClN2. The standard InChI is InChI=1S/C17H24BrClN2/c18-13-11-16(19)17(20-12-13)21(14-7-3-1-4-8-14)15-9-5-2-6-10-15/h11-12,14-15H,1-10H2. The monoisotopic (exact) mass is 370 g/mol. The lowest BCUT2D eigenvalue weighted by Gasteiger charge is -2.43. The fraction of sp³-hybridized carbons (Fsp3) is 0.706. The largest absolute Gasteiger partial charge is 0.349 e. The molecule has 0 radical (unpaired) electrons. The molecule has 1 aromatic rings. The molecule has 0 unspecified atom stereocenters. The van der Waals surface area contributed by atoms with Crippen molar-refractivity contribution in [3.8, 4) is 0 Å². The third-order valence-corrected chi connectivity index (χ3v) is 5.68. The topological polar surface area (TPSA) is 16.1 Å². The minimum absolute atomic E-state index is 0.632. The van der Waals surface area contributed by atoms with Crippen molar-refractivity contribution in [2.75, 3.05) is 4.90 Å². The van der Waals surface area contributed by atoms with E-state index in [4.69, 9.17) is 11.6 Å². The number of hydrogen-bond acceptors (Lipinski definition) is 2. The lowest BCUT2D eigenvalue weighted by Crippen LogP contribution is -2.46. The molecule has 0 aromatic carbocycles. The Bertz CT molecular complexity index is 450. The van der Waals surface area contributed by atoms with Gasteiger partial charge in [-0.1, -0.05) is 50.1 Å². The summed E-state index contributed by atoms with van der Waals surface area (Å²) in [6.45, 7) is 0. The number of pyridine rings is 1. The quantitative estimate of drug-likeness (QED) is 0.650. The molecule has 21 heavy (non-hydrogen) atoms. The Morgan fingerprint density at radius 3 is 1.95 bits per heavy atom. The summed E-state index contributed by atoms with van der Waals surface area (Å²) < 4.78 is 0.962. The smallest absolute Gasteiger partial charge is 0.147 e. The molecule has 4 heteroatoms. The molecule has 0 saturated heterocycles. The van der Waals surface area contributed by atoms with Crippen molar-refractivity contribution in [2.24, 2.45) is 0 Å². The molecule has 0 atom stereocenters. The number of anilines is 1. The van der Waals surface area contributed by atoms with E-state index in [1.165, 1.54) is 64.2 Å². The van der Waals surface area contributed by atoms with Gasteiger partial charge in [0, 0.05) is 22.8 Å². The third kappa shape index (κ3) is 3.73. The molecule has 1 heterocycles. The molecule has 3 rings (SSSR count). The number of halogens is 2. The van der Waals surface area contributed by atoms with Crippen LogP contribution in [0.25, 0.3) is 0 Å². The summed E-state index contributed by atoms with van der Waals surface area (Å²) in [7, 11) is 0. The maximum absolute atomic E-state index is 6.53. The molecule has 2 fully saturated rings. The van der Waals surface area contributed by atoms with Gasteiger partial charge in [0.2, 0.25) is 0 Å². The van der Waals surface area contributed by atoms with E-state index in [0.29, 0.717) is 12.1 Å². The zero-order valence-electron chi connectivity index (χ0n) is 12.5. The molecule has 2 aliphatic carbocycles. The molecule has 116 valence electrons. The first kappa shape index (κ1) is 15.6. The highest BCUT2D eigenvalue weighted by molar-refractivity contribution is 9.10. The van der Waals surface area contributed by atoms with Crippen molar-refractivity contribution in [3.05, 3.63) is 21.8 Å². The summed E-state index contributed by atoms with van der Waals surface area (Å²) in [5.74, 6) is 1.01. The van der Waals surface area contributed by atoms with E-state index in [9.17, 15) is 0 Å². The van der Waals surface area contributed by atoms with Gasteiger partial charge in [0.1, 0.15) is 5.82 Å². The summed E-state index contributed by atoms with van der Waals surface area (Å²) in [4.78, 5) is 7.27. The summed E-state index contributed by atoms with van der Waals surface area (Å²) >= 11 is 10.0. The molecular weight excluding hydrogens is 348 g/mol. The average molecular weight is 372 g/mol. The van der Waals surface area contributed by atoms with E-state index in [-0.39, 0.29) is 0 Å². The fourth-order valence-electron chi connectivity index (χ4n) is 3.96. The predicted molar refractivity (Wildman–Crippen MR) is 93.2 cm³/mol. The number of hydrogen-bond donors (Lipinski definition) is 0. The number of nitrogens with zero attached hydrogens (tertiary/aromatic N) is 2. The summed E-state index contributed by atoms with van der Waals surface area (Å²) in [6, 6.07) is 3.25. The Morgan fingerprint density at radius 2 is 1.48 bits per heavy atom. The lowest BCUT2D eigenvalue weighted by molar-refractivity contribution is 0.338. The summed E-state index contributed by atoms with van der Waals surface area (Å²) in [5.41, 5.74) is 0. The van der Waals surface area contributed by atoms with Gasteiger partial charge >= 0.3 is 0 Å². The van der Waals surface area contributed by atoms with Crippen LogP contribution in [0.15, 0.2) is 16.7 Å². The van der Waals surface area contributed by atoms with Gasteiger partial charge in [-0.15, -0.1) is 0 Å². The van der Waals surface area contributed by atoms with Crippen LogP contribution in [0.2, 0.25) is 5.02 Å². The van der Waals surface area contributed by atoms with Gasteiger partial charge in [-0.05, 0) is 47.7 Å². The molecule has 1 aromatic heterocycles. The normalized spacial score (nSPS) is 21.4. The highest BCUT2D eigenvalue weighted by atomic mass is 79.9. The van der Waals surface area contributed by atoms with Crippen LogP contribution in [0.1, 0.15) is 64.2 Å². The second-order valence-corrected chi connectivity index (χ2v) is 7.77. The van der Waals surface area contributed by atoms with Crippen LogP contribution in [-0.2, 0) is 0 Å². The zero-order valence-corrected chi connectivity index (χ0v) is 14.9. The van der Waals surface area contributed by atoms with E-state index in [2.05, 4.69) is 25.8 Å².